The number of ether oxygens (including phenoxy) is 1. The number of aromatic nitrogens is 2. The number of rotatable bonds is 6. The third-order valence-corrected chi connectivity index (χ3v) is 5.77. The molecule has 1 heterocycles. The quantitative estimate of drug-likeness (QED) is 0.723. The number of carbonyl (C=O) groups excluding carboxylic acids is 2. The maximum absolute atomic E-state index is 12.7. The summed E-state index contributed by atoms with van der Waals surface area (Å²) in [7, 11) is -1.36. The second-order valence-electron chi connectivity index (χ2n) is 5.61. The minimum Gasteiger partial charge on any atom is -0.465 e. The Labute approximate surface area is 151 Å². The first-order chi connectivity index (χ1) is 12.2. The van der Waals surface area contributed by atoms with E-state index in [1.165, 1.54) is 26.3 Å². The summed E-state index contributed by atoms with van der Waals surface area (Å²) in [5.41, 5.74) is 1.14. The number of carbonyl (C=O) groups is 2. The number of anilines is 1. The third-order valence-electron chi connectivity index (χ3n) is 3.70. The standard InChI is InChI=1S/C16H20N4O5S/c1-10-15(11(2)19-18-10)26(23,24)20(3)9-14(21)17-13-8-6-5-7-12(13)16(22)25-4/h5-8H,9H2,1-4H3,(H,17,21)(H,18,19). The van der Waals surface area contributed by atoms with Crippen LogP contribution in [0.15, 0.2) is 29.2 Å². The van der Waals surface area contributed by atoms with Crippen LogP contribution in [0.3, 0.4) is 0 Å². The van der Waals surface area contributed by atoms with Crippen molar-refractivity contribution >= 4 is 27.6 Å². The third kappa shape index (κ3) is 3.92. The summed E-state index contributed by atoms with van der Waals surface area (Å²) in [6.07, 6.45) is 0. The Morgan fingerprint density at radius 1 is 1.27 bits per heavy atom. The van der Waals surface area contributed by atoms with Crippen molar-refractivity contribution in [3.8, 4) is 0 Å². The molecule has 1 aromatic carbocycles. The van der Waals surface area contributed by atoms with Gasteiger partial charge >= 0.3 is 5.97 Å². The van der Waals surface area contributed by atoms with E-state index < -0.39 is 28.4 Å². The number of esters is 1. The zero-order chi connectivity index (χ0) is 19.5. The summed E-state index contributed by atoms with van der Waals surface area (Å²) in [5.74, 6) is -1.20. The molecule has 0 fully saturated rings. The highest BCUT2D eigenvalue weighted by Crippen LogP contribution is 2.21. The van der Waals surface area contributed by atoms with E-state index in [4.69, 9.17) is 0 Å². The summed E-state index contributed by atoms with van der Waals surface area (Å²) in [6.45, 7) is 2.73. The minimum absolute atomic E-state index is 0.0442. The second-order valence-corrected chi connectivity index (χ2v) is 7.59. The molecular weight excluding hydrogens is 360 g/mol. The molecule has 9 nitrogen and oxygen atoms in total. The van der Waals surface area contributed by atoms with Crippen molar-refractivity contribution in [1.29, 1.82) is 0 Å². The first-order valence-electron chi connectivity index (χ1n) is 7.63. The second kappa shape index (κ2) is 7.67. The Hall–Kier alpha value is -2.72. The van der Waals surface area contributed by atoms with Crippen LogP contribution < -0.4 is 5.32 Å². The Balaban J connectivity index is 2.17. The molecule has 0 atom stereocenters. The van der Waals surface area contributed by atoms with Gasteiger partial charge in [0.05, 0.1) is 36.3 Å². The number of aryl methyl sites for hydroxylation is 2. The van der Waals surface area contributed by atoms with E-state index in [0.29, 0.717) is 11.4 Å². The van der Waals surface area contributed by atoms with Gasteiger partial charge in [-0.15, -0.1) is 0 Å². The first kappa shape index (κ1) is 19.6. The van der Waals surface area contributed by atoms with Gasteiger partial charge < -0.3 is 10.1 Å². The number of likely N-dealkylation sites (N-methyl/N-ethyl adjacent to an activating group) is 1. The van der Waals surface area contributed by atoms with Gasteiger partial charge in [0.25, 0.3) is 0 Å². The fourth-order valence-corrected chi connectivity index (χ4v) is 3.88. The number of sulfonamides is 1. The van der Waals surface area contributed by atoms with Crippen molar-refractivity contribution in [2.75, 3.05) is 26.0 Å². The molecule has 0 aliphatic heterocycles. The molecule has 2 N–H and O–H groups in total. The van der Waals surface area contributed by atoms with Crippen LogP contribution in [-0.2, 0) is 19.6 Å². The van der Waals surface area contributed by atoms with Gasteiger partial charge in [0, 0.05) is 7.05 Å². The summed E-state index contributed by atoms with van der Waals surface area (Å²) in [5, 5.41) is 9.01. The highest BCUT2D eigenvalue weighted by molar-refractivity contribution is 7.89. The van der Waals surface area contributed by atoms with Crippen LogP contribution in [0.25, 0.3) is 0 Å². The Morgan fingerprint density at radius 3 is 2.50 bits per heavy atom. The van der Waals surface area contributed by atoms with Crippen LogP contribution in [-0.4, -0.2) is 55.5 Å². The fourth-order valence-electron chi connectivity index (χ4n) is 2.43. The van der Waals surface area contributed by atoms with Crippen molar-refractivity contribution in [3.05, 3.63) is 41.2 Å². The van der Waals surface area contributed by atoms with Crippen molar-refractivity contribution in [1.82, 2.24) is 14.5 Å². The molecule has 0 saturated carbocycles. The van der Waals surface area contributed by atoms with Gasteiger partial charge in [-0.05, 0) is 26.0 Å². The highest BCUT2D eigenvalue weighted by atomic mass is 32.2. The molecule has 0 unspecified atom stereocenters. The van der Waals surface area contributed by atoms with E-state index in [2.05, 4.69) is 20.3 Å². The molecule has 2 rings (SSSR count). The molecule has 0 aliphatic carbocycles. The van der Waals surface area contributed by atoms with Crippen molar-refractivity contribution in [3.63, 3.8) is 0 Å². The van der Waals surface area contributed by atoms with E-state index in [-0.39, 0.29) is 16.1 Å². The van der Waals surface area contributed by atoms with Gasteiger partial charge in [-0.3, -0.25) is 9.89 Å². The number of H-pyrrole nitrogens is 1. The molecule has 140 valence electrons. The van der Waals surface area contributed by atoms with Crippen molar-refractivity contribution in [2.24, 2.45) is 0 Å². The maximum atomic E-state index is 12.7. The largest absolute Gasteiger partial charge is 0.465 e. The van der Waals surface area contributed by atoms with Crippen LogP contribution in [0.2, 0.25) is 0 Å². The Morgan fingerprint density at radius 2 is 1.92 bits per heavy atom. The monoisotopic (exact) mass is 380 g/mol. The molecule has 1 aromatic heterocycles. The maximum Gasteiger partial charge on any atom is 0.339 e. The molecule has 2 aromatic rings. The summed E-state index contributed by atoms with van der Waals surface area (Å²) < 4.78 is 30.9. The van der Waals surface area contributed by atoms with Crippen molar-refractivity contribution in [2.45, 2.75) is 18.7 Å². The molecule has 0 aliphatic rings. The van der Waals surface area contributed by atoms with Crippen LogP contribution >= 0.6 is 0 Å². The molecule has 0 radical (unpaired) electrons. The normalized spacial score (nSPS) is 11.4. The topological polar surface area (TPSA) is 121 Å². The zero-order valence-electron chi connectivity index (χ0n) is 14.9. The number of para-hydroxylation sites is 1. The average Bonchev–Trinajstić information content (AvgIpc) is 2.93. The van der Waals surface area contributed by atoms with Gasteiger partial charge in [0.2, 0.25) is 15.9 Å². The molecule has 10 heteroatoms. The summed E-state index contributed by atoms with van der Waals surface area (Å²) in [4.78, 5) is 24.1. The number of methoxy groups -OCH3 is 1. The van der Waals surface area contributed by atoms with E-state index in [1.54, 1.807) is 26.0 Å². The lowest BCUT2D eigenvalue weighted by Gasteiger charge is -2.17. The molecule has 1 amide bonds. The van der Waals surface area contributed by atoms with Gasteiger partial charge in [-0.1, -0.05) is 12.1 Å². The van der Waals surface area contributed by atoms with Gasteiger partial charge in [0.1, 0.15) is 4.90 Å². The smallest absolute Gasteiger partial charge is 0.339 e. The average molecular weight is 380 g/mol. The predicted octanol–water partition coefficient (Wildman–Crippen LogP) is 1.07. The number of hydrogen-bond acceptors (Lipinski definition) is 6. The number of aromatic amines is 1. The molecule has 0 spiro atoms. The fraction of sp³-hybridized carbons (Fsp3) is 0.312. The van der Waals surface area contributed by atoms with Crippen LogP contribution in [0.1, 0.15) is 21.7 Å². The highest BCUT2D eigenvalue weighted by Gasteiger charge is 2.28. The molecular formula is C16H20N4O5S. The number of nitrogens with one attached hydrogen (secondary N) is 2. The minimum atomic E-state index is -3.89. The predicted molar refractivity (Wildman–Crippen MR) is 94.3 cm³/mol. The number of hydrogen-bond donors (Lipinski definition) is 2. The van der Waals surface area contributed by atoms with E-state index in [1.807, 2.05) is 0 Å². The Kier molecular flexibility index (Phi) is 5.78. The Bertz CT molecular complexity index is 916. The lowest BCUT2D eigenvalue weighted by atomic mass is 10.2. The van der Waals surface area contributed by atoms with Gasteiger partial charge in [-0.2, -0.15) is 9.40 Å². The van der Waals surface area contributed by atoms with Gasteiger partial charge in [-0.25, -0.2) is 13.2 Å². The SMILES string of the molecule is COC(=O)c1ccccc1NC(=O)CN(C)S(=O)(=O)c1c(C)n[nH]c1C. The number of nitrogens with zero attached hydrogens (tertiary/aromatic N) is 2. The number of amides is 1. The summed E-state index contributed by atoms with van der Waals surface area (Å²) >= 11 is 0. The van der Waals surface area contributed by atoms with Crippen LogP contribution in [0.4, 0.5) is 5.69 Å². The zero-order valence-corrected chi connectivity index (χ0v) is 15.7. The lowest BCUT2D eigenvalue weighted by Crippen LogP contribution is -2.35. The molecule has 0 saturated heterocycles. The van der Waals surface area contributed by atoms with Crippen molar-refractivity contribution < 1.29 is 22.7 Å². The number of benzene rings is 1. The lowest BCUT2D eigenvalue weighted by molar-refractivity contribution is -0.116. The molecule has 26 heavy (non-hydrogen) atoms. The molecule has 0 bridgehead atoms. The van der Waals surface area contributed by atoms with Gasteiger partial charge in [0.15, 0.2) is 0 Å². The van der Waals surface area contributed by atoms with E-state index >= 15 is 0 Å². The van der Waals surface area contributed by atoms with Crippen LogP contribution in [0.5, 0.6) is 0 Å². The van der Waals surface area contributed by atoms with Crippen LogP contribution in [0, 0.1) is 13.8 Å². The van der Waals surface area contributed by atoms with E-state index in [0.717, 1.165) is 4.31 Å². The van der Waals surface area contributed by atoms with E-state index in [9.17, 15) is 18.0 Å². The summed E-state index contributed by atoms with van der Waals surface area (Å²) in [6, 6.07) is 6.30. The first-order valence-corrected chi connectivity index (χ1v) is 9.07.